The van der Waals surface area contributed by atoms with E-state index in [1.807, 2.05) is 6.07 Å². The van der Waals surface area contributed by atoms with Crippen LogP contribution in [0.15, 0.2) is 34.9 Å². The highest BCUT2D eigenvalue weighted by Crippen LogP contribution is 2.35. The van der Waals surface area contributed by atoms with Gasteiger partial charge in [0.25, 0.3) is 0 Å². The van der Waals surface area contributed by atoms with Crippen LogP contribution in [-0.2, 0) is 6.54 Å². The first-order valence-corrected chi connectivity index (χ1v) is 11.0. The van der Waals surface area contributed by atoms with E-state index in [9.17, 15) is 0 Å². The largest absolute Gasteiger partial charge is 0.363 e. The number of benzene rings is 1. The summed E-state index contributed by atoms with van der Waals surface area (Å²) in [6.07, 6.45) is 6.33. The molecule has 2 aromatic rings. The molecule has 1 aromatic carbocycles. The topological polar surface area (TPSA) is 44.5 Å². The van der Waals surface area contributed by atoms with Crippen molar-refractivity contribution in [1.82, 2.24) is 15.4 Å². The van der Waals surface area contributed by atoms with E-state index in [2.05, 4.69) is 51.5 Å². The van der Waals surface area contributed by atoms with Crippen molar-refractivity contribution in [2.75, 3.05) is 31.1 Å². The SMILES string of the molecule is CCNC(=S)N(Cc1c(-c2ccccc2)noc1N1CCCCC1)CC1CC1. The molecule has 4 rings (SSSR count). The molecule has 0 atom stereocenters. The Bertz CT molecular complexity index is 781. The van der Waals surface area contributed by atoms with Crippen molar-refractivity contribution in [2.24, 2.45) is 5.92 Å². The van der Waals surface area contributed by atoms with Gasteiger partial charge in [-0.15, -0.1) is 0 Å². The Hall–Kier alpha value is -2.08. The molecule has 0 amide bonds. The third-order valence-corrected chi connectivity index (χ3v) is 6.00. The Morgan fingerprint density at radius 2 is 1.96 bits per heavy atom. The number of nitrogens with one attached hydrogen (secondary N) is 1. The number of piperidine rings is 1. The summed E-state index contributed by atoms with van der Waals surface area (Å²) in [5.41, 5.74) is 3.21. The van der Waals surface area contributed by atoms with Crippen LogP contribution < -0.4 is 10.2 Å². The van der Waals surface area contributed by atoms with Gasteiger partial charge in [0.2, 0.25) is 5.88 Å². The van der Waals surface area contributed by atoms with E-state index in [-0.39, 0.29) is 0 Å². The second kappa shape index (κ2) is 8.95. The zero-order valence-corrected chi connectivity index (χ0v) is 17.5. The van der Waals surface area contributed by atoms with Crippen LogP contribution in [0, 0.1) is 5.92 Å². The molecule has 5 nitrogen and oxygen atoms in total. The van der Waals surface area contributed by atoms with Crippen LogP contribution in [0.25, 0.3) is 11.3 Å². The van der Waals surface area contributed by atoms with E-state index in [1.54, 1.807) is 0 Å². The normalized spacial score (nSPS) is 16.8. The number of thiocarbonyl (C=S) groups is 1. The van der Waals surface area contributed by atoms with Crippen LogP contribution in [0.4, 0.5) is 5.88 Å². The molecule has 1 saturated heterocycles. The average molecular weight is 399 g/mol. The molecule has 1 N–H and O–H groups in total. The Balaban J connectivity index is 1.66. The van der Waals surface area contributed by atoms with Crippen molar-refractivity contribution in [3.63, 3.8) is 0 Å². The first-order chi connectivity index (χ1) is 13.8. The number of hydrogen-bond acceptors (Lipinski definition) is 4. The standard InChI is InChI=1S/C22H30N4OS/c1-2-23-22(28)26(15-17-11-12-17)16-19-20(18-9-5-3-6-10-18)24-27-21(19)25-13-7-4-8-14-25/h3,5-6,9-10,17H,2,4,7-8,11-16H2,1H3,(H,23,28). The molecule has 0 unspecified atom stereocenters. The smallest absolute Gasteiger partial charge is 0.232 e. The van der Waals surface area contributed by atoms with Gasteiger partial charge in [0, 0.05) is 31.7 Å². The van der Waals surface area contributed by atoms with Crippen molar-refractivity contribution < 1.29 is 4.52 Å². The highest BCUT2D eigenvalue weighted by Gasteiger charge is 2.29. The summed E-state index contributed by atoms with van der Waals surface area (Å²) in [5.74, 6) is 1.69. The summed E-state index contributed by atoms with van der Waals surface area (Å²) < 4.78 is 5.94. The van der Waals surface area contributed by atoms with Gasteiger partial charge in [0.05, 0.1) is 12.1 Å². The monoisotopic (exact) mass is 398 g/mol. The zero-order chi connectivity index (χ0) is 19.3. The van der Waals surface area contributed by atoms with Crippen LogP contribution in [-0.4, -0.2) is 41.3 Å². The second-order valence-corrected chi connectivity index (χ2v) is 8.27. The van der Waals surface area contributed by atoms with E-state index in [0.29, 0.717) is 0 Å². The maximum Gasteiger partial charge on any atom is 0.232 e. The Morgan fingerprint density at radius 3 is 2.64 bits per heavy atom. The average Bonchev–Trinajstić information content (AvgIpc) is 3.46. The van der Waals surface area contributed by atoms with Crippen molar-refractivity contribution >= 4 is 23.2 Å². The fourth-order valence-corrected chi connectivity index (χ4v) is 4.18. The van der Waals surface area contributed by atoms with E-state index >= 15 is 0 Å². The van der Waals surface area contributed by atoms with Gasteiger partial charge in [-0.05, 0) is 57.2 Å². The molecular formula is C22H30N4OS. The zero-order valence-electron chi connectivity index (χ0n) is 16.7. The maximum absolute atomic E-state index is 5.94. The van der Waals surface area contributed by atoms with Gasteiger partial charge in [-0.25, -0.2) is 0 Å². The molecule has 2 heterocycles. The lowest BCUT2D eigenvalue weighted by Gasteiger charge is -2.29. The number of nitrogens with zero attached hydrogens (tertiary/aromatic N) is 3. The van der Waals surface area contributed by atoms with Gasteiger partial charge in [-0.1, -0.05) is 35.5 Å². The fraction of sp³-hybridized carbons (Fsp3) is 0.545. The Labute approximate surface area is 173 Å². The molecule has 6 heteroatoms. The molecule has 1 saturated carbocycles. The quantitative estimate of drug-likeness (QED) is 0.696. The van der Waals surface area contributed by atoms with Gasteiger partial charge in [-0.3, -0.25) is 0 Å². The highest BCUT2D eigenvalue weighted by atomic mass is 32.1. The van der Waals surface area contributed by atoms with Crippen LogP contribution >= 0.6 is 12.2 Å². The molecule has 0 radical (unpaired) electrons. The first-order valence-electron chi connectivity index (χ1n) is 10.6. The minimum absolute atomic E-state index is 0.738. The van der Waals surface area contributed by atoms with Crippen molar-refractivity contribution in [3.8, 4) is 11.3 Å². The number of anilines is 1. The highest BCUT2D eigenvalue weighted by molar-refractivity contribution is 7.80. The van der Waals surface area contributed by atoms with E-state index in [4.69, 9.17) is 16.7 Å². The summed E-state index contributed by atoms with van der Waals surface area (Å²) in [7, 11) is 0. The van der Waals surface area contributed by atoms with Gasteiger partial charge >= 0.3 is 0 Å². The minimum Gasteiger partial charge on any atom is -0.363 e. The molecule has 1 aliphatic carbocycles. The molecule has 150 valence electrons. The van der Waals surface area contributed by atoms with Gasteiger partial charge in [0.1, 0.15) is 5.69 Å². The molecule has 1 aromatic heterocycles. The molecule has 28 heavy (non-hydrogen) atoms. The Morgan fingerprint density at radius 1 is 1.21 bits per heavy atom. The molecule has 2 aliphatic rings. The van der Waals surface area contributed by atoms with E-state index in [0.717, 1.165) is 66.5 Å². The summed E-state index contributed by atoms with van der Waals surface area (Å²) in [6, 6.07) is 10.4. The van der Waals surface area contributed by atoms with E-state index in [1.165, 1.54) is 32.1 Å². The van der Waals surface area contributed by atoms with Crippen LogP contribution in [0.2, 0.25) is 0 Å². The number of rotatable bonds is 7. The lowest BCUT2D eigenvalue weighted by molar-refractivity contribution is 0.379. The predicted molar refractivity (Wildman–Crippen MR) is 117 cm³/mol. The second-order valence-electron chi connectivity index (χ2n) is 7.89. The van der Waals surface area contributed by atoms with Gasteiger partial charge < -0.3 is 19.6 Å². The van der Waals surface area contributed by atoms with Crippen molar-refractivity contribution in [3.05, 3.63) is 35.9 Å². The molecule has 0 bridgehead atoms. The Kier molecular flexibility index (Phi) is 6.15. The summed E-state index contributed by atoms with van der Waals surface area (Å²) in [5, 5.41) is 8.68. The summed E-state index contributed by atoms with van der Waals surface area (Å²) in [4.78, 5) is 4.67. The van der Waals surface area contributed by atoms with Crippen molar-refractivity contribution in [1.29, 1.82) is 0 Å². The lowest BCUT2D eigenvalue weighted by Crippen LogP contribution is -2.40. The van der Waals surface area contributed by atoms with E-state index < -0.39 is 0 Å². The molecule has 2 fully saturated rings. The number of hydrogen-bond donors (Lipinski definition) is 1. The molecule has 0 spiro atoms. The predicted octanol–water partition coefficient (Wildman–Crippen LogP) is 4.44. The van der Waals surface area contributed by atoms with Crippen LogP contribution in [0.5, 0.6) is 0 Å². The van der Waals surface area contributed by atoms with Gasteiger partial charge in [-0.2, -0.15) is 0 Å². The summed E-state index contributed by atoms with van der Waals surface area (Å²) >= 11 is 5.70. The molecular weight excluding hydrogens is 368 g/mol. The van der Waals surface area contributed by atoms with Crippen LogP contribution in [0.1, 0.15) is 44.6 Å². The summed E-state index contributed by atoms with van der Waals surface area (Å²) in [6.45, 7) is 6.75. The third-order valence-electron chi connectivity index (χ3n) is 5.60. The fourth-order valence-electron chi connectivity index (χ4n) is 3.90. The maximum atomic E-state index is 5.94. The van der Waals surface area contributed by atoms with Crippen molar-refractivity contribution in [2.45, 2.75) is 45.6 Å². The lowest BCUT2D eigenvalue weighted by atomic mass is 10.1. The first kappa shape index (κ1) is 19.2. The molecule has 1 aliphatic heterocycles. The number of aromatic nitrogens is 1. The van der Waals surface area contributed by atoms with Gasteiger partial charge in [0.15, 0.2) is 5.11 Å². The third kappa shape index (κ3) is 4.49. The van der Waals surface area contributed by atoms with Crippen LogP contribution in [0.3, 0.4) is 0 Å². The minimum atomic E-state index is 0.738.